The molecular formula is C10H20N3O4PS. The zero-order valence-corrected chi connectivity index (χ0v) is 13.1. The van der Waals surface area contributed by atoms with Gasteiger partial charge < -0.3 is 4.52 Å². The fourth-order valence-electron chi connectivity index (χ4n) is 1.76. The minimum atomic E-state index is -3.03. The Morgan fingerprint density at radius 1 is 1.68 bits per heavy atom. The summed E-state index contributed by atoms with van der Waals surface area (Å²) in [7, 11) is 0. The largest absolute Gasteiger partial charge is 0.321 e. The highest BCUT2D eigenvalue weighted by Crippen LogP contribution is 2.66. The molecule has 0 fully saturated rings. The predicted molar refractivity (Wildman–Crippen MR) is 77.4 cm³/mol. The second-order valence-electron chi connectivity index (χ2n) is 4.22. The number of hydrazine groups is 1. The Balaban J connectivity index is 2.89. The Kier molecular flexibility index (Phi) is 6.29. The summed E-state index contributed by atoms with van der Waals surface area (Å²) in [6.45, 7) is 3.49. The van der Waals surface area contributed by atoms with Crippen molar-refractivity contribution < 1.29 is 14.1 Å². The molecule has 0 spiro atoms. The summed E-state index contributed by atoms with van der Waals surface area (Å²) < 4.78 is 18.4. The van der Waals surface area contributed by atoms with Crippen LogP contribution in [0.3, 0.4) is 0 Å². The van der Waals surface area contributed by atoms with Gasteiger partial charge in [0.25, 0.3) is 6.57 Å². The number of aliphatic imine (C=N–C) groups is 1. The average Bonchev–Trinajstić information content (AvgIpc) is 2.77. The molecule has 0 saturated heterocycles. The Hall–Kier alpha value is -0.590. The van der Waals surface area contributed by atoms with Crippen molar-refractivity contribution in [3.8, 4) is 0 Å². The molecule has 1 aliphatic rings. The van der Waals surface area contributed by atoms with Gasteiger partial charge >= 0.3 is 0 Å². The molecule has 0 radical (unpaired) electrons. The molecule has 0 bridgehead atoms. The molecule has 3 unspecified atom stereocenters. The quantitative estimate of drug-likeness (QED) is 0.441. The van der Waals surface area contributed by atoms with Crippen LogP contribution in [-0.4, -0.2) is 34.9 Å². The van der Waals surface area contributed by atoms with Crippen molar-refractivity contribution in [2.75, 3.05) is 13.2 Å². The van der Waals surface area contributed by atoms with Gasteiger partial charge in [0, 0.05) is 11.8 Å². The molecule has 0 saturated carbocycles. The number of nitrogens with one attached hydrogen (secondary N) is 1. The summed E-state index contributed by atoms with van der Waals surface area (Å²) in [5.41, 5.74) is 1.55. The lowest BCUT2D eigenvalue weighted by Crippen LogP contribution is -2.36. The van der Waals surface area contributed by atoms with Gasteiger partial charge in [-0.2, -0.15) is 0 Å². The summed E-state index contributed by atoms with van der Waals surface area (Å²) in [5, 5.41) is 10.1. The molecule has 0 aliphatic carbocycles. The highest BCUT2D eigenvalue weighted by atomic mass is 32.7. The van der Waals surface area contributed by atoms with E-state index < -0.39 is 17.3 Å². The van der Waals surface area contributed by atoms with Crippen LogP contribution in [0.2, 0.25) is 0 Å². The van der Waals surface area contributed by atoms with Crippen molar-refractivity contribution in [2.45, 2.75) is 44.5 Å². The van der Waals surface area contributed by atoms with Crippen LogP contribution in [0.15, 0.2) is 4.99 Å². The minimum Gasteiger partial charge on any atom is -0.321 e. The normalized spacial score (nSPS) is 23.5. The molecule has 1 rings (SSSR count). The van der Waals surface area contributed by atoms with Crippen LogP contribution in [0, 0.1) is 10.1 Å². The van der Waals surface area contributed by atoms with Crippen molar-refractivity contribution >= 4 is 23.8 Å². The molecule has 9 heteroatoms. The summed E-state index contributed by atoms with van der Waals surface area (Å²) in [5.74, 6) is 0.178. The average molecular weight is 309 g/mol. The molecule has 0 aromatic rings. The molecule has 1 N–H and O–H groups in total. The third-order valence-electron chi connectivity index (χ3n) is 2.80. The number of rotatable bonds is 7. The molecule has 7 nitrogen and oxygen atoms in total. The zero-order chi connectivity index (χ0) is 14.5. The first kappa shape index (κ1) is 16.5. The Labute approximate surface area is 116 Å². The Morgan fingerprint density at radius 2 is 2.37 bits per heavy atom. The molecule has 1 aliphatic heterocycles. The number of amidine groups is 1. The number of hydrogen-bond donors (Lipinski definition) is 1. The first-order chi connectivity index (χ1) is 8.92. The van der Waals surface area contributed by atoms with Crippen molar-refractivity contribution in [3.05, 3.63) is 10.1 Å². The van der Waals surface area contributed by atoms with Crippen molar-refractivity contribution in [1.82, 2.24) is 5.43 Å². The highest BCUT2D eigenvalue weighted by molar-refractivity contribution is 8.57. The van der Waals surface area contributed by atoms with Crippen LogP contribution in [0.25, 0.3) is 0 Å². The fourth-order valence-corrected chi connectivity index (χ4v) is 7.54. The van der Waals surface area contributed by atoms with Crippen LogP contribution < -0.4 is 5.43 Å². The van der Waals surface area contributed by atoms with Gasteiger partial charge in [0.2, 0.25) is 0 Å². The van der Waals surface area contributed by atoms with E-state index in [4.69, 9.17) is 4.52 Å². The summed E-state index contributed by atoms with van der Waals surface area (Å²) in [6, 6.07) is 0. The summed E-state index contributed by atoms with van der Waals surface area (Å²) >= 11 is 1.29. The van der Waals surface area contributed by atoms with E-state index in [9.17, 15) is 14.7 Å². The fraction of sp³-hybridized carbons (Fsp3) is 0.900. The van der Waals surface area contributed by atoms with Crippen molar-refractivity contribution in [2.24, 2.45) is 4.99 Å². The van der Waals surface area contributed by atoms with Gasteiger partial charge in [-0.15, -0.1) is 0 Å². The molecule has 0 aromatic heterocycles. The maximum Gasteiger partial charge on any atom is 0.268 e. The molecule has 0 amide bonds. The van der Waals surface area contributed by atoms with E-state index in [2.05, 4.69) is 10.4 Å². The van der Waals surface area contributed by atoms with Gasteiger partial charge in [0.1, 0.15) is 5.66 Å². The third-order valence-corrected chi connectivity index (χ3v) is 8.71. The maximum absolute atomic E-state index is 13.0. The monoisotopic (exact) mass is 309 g/mol. The predicted octanol–water partition coefficient (Wildman–Crippen LogP) is 2.70. The SMILES string of the molecule is CCOP(=O)(SC(C)CC)C1CCN=C1N[N+](=O)[O-]. The van der Waals surface area contributed by atoms with E-state index in [-0.39, 0.29) is 11.1 Å². The second kappa shape index (κ2) is 7.26. The van der Waals surface area contributed by atoms with Crippen molar-refractivity contribution in [3.63, 3.8) is 0 Å². The smallest absolute Gasteiger partial charge is 0.268 e. The Morgan fingerprint density at radius 3 is 2.89 bits per heavy atom. The summed E-state index contributed by atoms with van der Waals surface area (Å²) in [6.07, 6.45) is 1.39. The Bertz CT molecular complexity index is 404. The van der Waals surface area contributed by atoms with Gasteiger partial charge in [0.05, 0.1) is 6.61 Å². The third kappa shape index (κ3) is 4.47. The molecule has 1 heterocycles. The van der Waals surface area contributed by atoms with Crippen molar-refractivity contribution in [1.29, 1.82) is 0 Å². The molecule has 19 heavy (non-hydrogen) atoms. The highest BCUT2D eigenvalue weighted by Gasteiger charge is 2.43. The zero-order valence-electron chi connectivity index (χ0n) is 11.4. The van der Waals surface area contributed by atoms with Crippen LogP contribution in [0.1, 0.15) is 33.6 Å². The number of nitrogens with zero attached hydrogens (tertiary/aromatic N) is 2. The van der Waals surface area contributed by atoms with E-state index in [1.165, 1.54) is 11.4 Å². The first-order valence-corrected chi connectivity index (χ1v) is 9.48. The van der Waals surface area contributed by atoms with Gasteiger partial charge in [-0.1, -0.05) is 30.7 Å². The van der Waals surface area contributed by atoms with E-state index in [1.807, 2.05) is 13.8 Å². The minimum absolute atomic E-state index is 0.176. The van der Waals surface area contributed by atoms with E-state index in [1.54, 1.807) is 6.92 Å². The van der Waals surface area contributed by atoms with Gasteiger partial charge in [-0.25, -0.2) is 10.1 Å². The lowest BCUT2D eigenvalue weighted by atomic mass is 10.3. The standard InChI is InChI=1S/C10H20N3O4PS/c1-4-8(3)19-18(16,17-5-2)9-6-7-11-10(9)12-13(14)15/h8-9H,4-7H2,1-3H3,(H,11,12). The lowest BCUT2D eigenvalue weighted by Gasteiger charge is -2.25. The lowest BCUT2D eigenvalue weighted by molar-refractivity contribution is -0.525. The van der Waals surface area contributed by atoms with Gasteiger partial charge in [-0.3, -0.25) is 9.56 Å². The molecule has 3 atom stereocenters. The van der Waals surface area contributed by atoms with E-state index >= 15 is 0 Å². The van der Waals surface area contributed by atoms with Crippen LogP contribution in [-0.2, 0) is 9.09 Å². The first-order valence-electron chi connectivity index (χ1n) is 6.31. The maximum atomic E-state index is 13.0. The van der Waals surface area contributed by atoms with E-state index in [0.717, 1.165) is 6.42 Å². The second-order valence-corrected chi connectivity index (χ2v) is 9.36. The molecule has 110 valence electrons. The van der Waals surface area contributed by atoms with Gasteiger partial charge in [0.15, 0.2) is 10.9 Å². The van der Waals surface area contributed by atoms with Crippen LogP contribution >= 0.6 is 18.0 Å². The number of nitro groups is 1. The molecular weight excluding hydrogens is 289 g/mol. The van der Waals surface area contributed by atoms with Crippen LogP contribution in [0.4, 0.5) is 0 Å². The summed E-state index contributed by atoms with van der Waals surface area (Å²) in [4.78, 5) is 14.6. The number of hydrogen-bond acceptors (Lipinski definition) is 6. The van der Waals surface area contributed by atoms with Crippen LogP contribution in [0.5, 0.6) is 0 Å². The molecule has 0 aromatic carbocycles. The van der Waals surface area contributed by atoms with Gasteiger partial charge in [-0.05, 0) is 19.8 Å². The topological polar surface area (TPSA) is 93.8 Å². The van der Waals surface area contributed by atoms with E-state index in [0.29, 0.717) is 19.6 Å².